The first-order valence-corrected chi connectivity index (χ1v) is 6.84. The fourth-order valence-electron chi connectivity index (χ4n) is 2.42. The number of hydrogen-bond acceptors (Lipinski definition) is 2. The molecule has 1 aliphatic rings. The summed E-state index contributed by atoms with van der Waals surface area (Å²) in [6, 6.07) is 4.93. The Labute approximate surface area is 114 Å². The molecule has 1 aromatic rings. The average Bonchev–Trinajstić information content (AvgIpc) is 2.92. The number of halogens is 1. The first-order chi connectivity index (χ1) is 9.29. The summed E-state index contributed by atoms with van der Waals surface area (Å²) in [5.41, 5.74) is 6.65. The maximum absolute atomic E-state index is 13.5. The predicted molar refractivity (Wildman–Crippen MR) is 73.9 cm³/mol. The van der Waals surface area contributed by atoms with Crippen LogP contribution in [0.3, 0.4) is 0 Å². The molecule has 2 rings (SSSR count). The molecule has 102 valence electrons. The van der Waals surface area contributed by atoms with E-state index < -0.39 is 0 Å². The van der Waals surface area contributed by atoms with E-state index in [1.54, 1.807) is 12.1 Å². The Morgan fingerprint density at radius 2 is 2.11 bits per heavy atom. The zero-order valence-corrected chi connectivity index (χ0v) is 11.1. The van der Waals surface area contributed by atoms with Gasteiger partial charge in [-0.15, -0.1) is 0 Å². The summed E-state index contributed by atoms with van der Waals surface area (Å²) < 4.78 is 19.2. The summed E-state index contributed by atoms with van der Waals surface area (Å²) in [5.74, 6) is 5.81. The van der Waals surface area contributed by atoms with Crippen LogP contribution in [0.5, 0.6) is 0 Å². The predicted octanol–water partition coefficient (Wildman–Crippen LogP) is 2.84. The van der Waals surface area contributed by atoms with E-state index in [1.807, 2.05) is 0 Å². The highest BCUT2D eigenvalue weighted by atomic mass is 19.1. The smallest absolute Gasteiger partial charge is 0.138 e. The molecule has 2 nitrogen and oxygen atoms in total. The maximum atomic E-state index is 13.5. The second-order valence-corrected chi connectivity index (χ2v) is 4.99. The van der Waals surface area contributed by atoms with Crippen LogP contribution < -0.4 is 5.73 Å². The van der Waals surface area contributed by atoms with Crippen molar-refractivity contribution in [2.75, 3.05) is 13.2 Å². The number of nitrogens with two attached hydrogens (primary N) is 1. The topological polar surface area (TPSA) is 35.2 Å². The Morgan fingerprint density at radius 1 is 1.32 bits per heavy atom. The highest BCUT2D eigenvalue weighted by molar-refractivity contribution is 5.38. The molecule has 0 radical (unpaired) electrons. The van der Waals surface area contributed by atoms with Gasteiger partial charge in [-0.05, 0) is 36.5 Å². The Hall–Kier alpha value is -1.37. The third-order valence-corrected chi connectivity index (χ3v) is 3.45. The fourth-order valence-corrected chi connectivity index (χ4v) is 2.42. The molecule has 0 bridgehead atoms. The van der Waals surface area contributed by atoms with Gasteiger partial charge in [0.2, 0.25) is 0 Å². The first kappa shape index (κ1) is 14.0. The molecule has 1 aliphatic carbocycles. The van der Waals surface area contributed by atoms with Crippen molar-refractivity contribution in [1.82, 2.24) is 0 Å². The summed E-state index contributed by atoms with van der Waals surface area (Å²) in [4.78, 5) is 0. The molecule has 19 heavy (non-hydrogen) atoms. The minimum Gasteiger partial charge on any atom is -0.376 e. The standard InChI is InChI=1S/C16H20FNO/c17-16-8-7-14(10-15(16)6-3-9-18)12-19-11-13-4-1-2-5-13/h7-8,10,13H,1-2,4-5,9,11-12,18H2. The lowest BCUT2D eigenvalue weighted by atomic mass is 10.1. The minimum atomic E-state index is -0.305. The van der Waals surface area contributed by atoms with Gasteiger partial charge in [0, 0.05) is 6.61 Å². The number of ether oxygens (including phenoxy) is 1. The molecule has 0 amide bonds. The molecule has 0 unspecified atom stereocenters. The van der Waals surface area contributed by atoms with Gasteiger partial charge in [-0.2, -0.15) is 0 Å². The van der Waals surface area contributed by atoms with E-state index in [0.29, 0.717) is 18.1 Å². The van der Waals surface area contributed by atoms with Gasteiger partial charge in [-0.3, -0.25) is 0 Å². The van der Waals surface area contributed by atoms with E-state index in [1.165, 1.54) is 31.7 Å². The SMILES string of the molecule is NCC#Cc1cc(COCC2CCCC2)ccc1F. The van der Waals surface area contributed by atoms with Crippen LogP contribution in [0.4, 0.5) is 4.39 Å². The van der Waals surface area contributed by atoms with Crippen molar-refractivity contribution in [2.45, 2.75) is 32.3 Å². The minimum absolute atomic E-state index is 0.238. The lowest BCUT2D eigenvalue weighted by Crippen LogP contribution is -2.05. The molecular weight excluding hydrogens is 241 g/mol. The molecule has 0 spiro atoms. The van der Waals surface area contributed by atoms with Crippen LogP contribution in [0.15, 0.2) is 18.2 Å². The van der Waals surface area contributed by atoms with Gasteiger partial charge in [0.15, 0.2) is 0 Å². The lowest BCUT2D eigenvalue weighted by molar-refractivity contribution is 0.0888. The molecule has 0 atom stereocenters. The van der Waals surface area contributed by atoms with Crippen molar-refractivity contribution in [1.29, 1.82) is 0 Å². The summed E-state index contributed by atoms with van der Waals surface area (Å²) in [5, 5.41) is 0. The summed E-state index contributed by atoms with van der Waals surface area (Å²) in [7, 11) is 0. The summed E-state index contributed by atoms with van der Waals surface area (Å²) >= 11 is 0. The number of benzene rings is 1. The first-order valence-electron chi connectivity index (χ1n) is 6.84. The van der Waals surface area contributed by atoms with Crippen LogP contribution in [0.1, 0.15) is 36.8 Å². The average molecular weight is 261 g/mol. The van der Waals surface area contributed by atoms with E-state index in [4.69, 9.17) is 10.5 Å². The van der Waals surface area contributed by atoms with Gasteiger partial charge in [-0.25, -0.2) is 4.39 Å². The number of rotatable bonds is 4. The molecule has 0 saturated heterocycles. The molecule has 1 saturated carbocycles. The van der Waals surface area contributed by atoms with Crippen LogP contribution in [0, 0.1) is 23.6 Å². The van der Waals surface area contributed by atoms with Gasteiger partial charge in [0.05, 0.1) is 18.7 Å². The molecular formula is C16H20FNO. The molecule has 0 aliphatic heterocycles. The molecule has 1 aromatic carbocycles. The highest BCUT2D eigenvalue weighted by Gasteiger charge is 2.14. The van der Waals surface area contributed by atoms with Crippen molar-refractivity contribution in [2.24, 2.45) is 11.7 Å². The summed E-state index contributed by atoms with van der Waals surface area (Å²) in [6.07, 6.45) is 5.19. The van der Waals surface area contributed by atoms with E-state index in [-0.39, 0.29) is 12.4 Å². The van der Waals surface area contributed by atoms with Crippen molar-refractivity contribution >= 4 is 0 Å². The molecule has 2 N–H and O–H groups in total. The van der Waals surface area contributed by atoms with Crippen molar-refractivity contribution in [3.8, 4) is 11.8 Å². The van der Waals surface area contributed by atoms with Crippen LogP contribution in [-0.4, -0.2) is 13.2 Å². The zero-order chi connectivity index (χ0) is 13.5. The quantitative estimate of drug-likeness (QED) is 0.846. The monoisotopic (exact) mass is 261 g/mol. The Bertz CT molecular complexity index is 469. The lowest BCUT2D eigenvalue weighted by Gasteiger charge is -2.10. The van der Waals surface area contributed by atoms with Gasteiger partial charge >= 0.3 is 0 Å². The zero-order valence-electron chi connectivity index (χ0n) is 11.1. The normalized spacial score (nSPS) is 15.3. The van der Waals surface area contributed by atoms with Crippen LogP contribution in [0.25, 0.3) is 0 Å². The Balaban J connectivity index is 1.89. The van der Waals surface area contributed by atoms with Crippen molar-refractivity contribution in [3.63, 3.8) is 0 Å². The van der Waals surface area contributed by atoms with Gasteiger partial charge in [0.25, 0.3) is 0 Å². The third kappa shape index (κ3) is 4.34. The van der Waals surface area contributed by atoms with Gasteiger partial charge in [0.1, 0.15) is 5.82 Å². The van der Waals surface area contributed by atoms with E-state index in [2.05, 4.69) is 11.8 Å². The number of hydrogen-bond donors (Lipinski definition) is 1. The van der Waals surface area contributed by atoms with Crippen molar-refractivity contribution < 1.29 is 9.13 Å². The van der Waals surface area contributed by atoms with Gasteiger partial charge < -0.3 is 10.5 Å². The van der Waals surface area contributed by atoms with Crippen LogP contribution in [0.2, 0.25) is 0 Å². The Kier molecular flexibility index (Phi) is 5.38. The molecule has 0 heterocycles. The molecule has 3 heteroatoms. The highest BCUT2D eigenvalue weighted by Crippen LogP contribution is 2.25. The van der Waals surface area contributed by atoms with Crippen molar-refractivity contribution in [3.05, 3.63) is 35.1 Å². The van der Waals surface area contributed by atoms with E-state index in [0.717, 1.165) is 12.2 Å². The maximum Gasteiger partial charge on any atom is 0.138 e. The summed E-state index contributed by atoms with van der Waals surface area (Å²) in [6.45, 7) is 1.57. The largest absolute Gasteiger partial charge is 0.376 e. The van der Waals surface area contributed by atoms with E-state index >= 15 is 0 Å². The second-order valence-electron chi connectivity index (χ2n) is 4.99. The fraction of sp³-hybridized carbons (Fsp3) is 0.500. The molecule has 0 aromatic heterocycles. The second kappa shape index (κ2) is 7.28. The van der Waals surface area contributed by atoms with Crippen LogP contribution in [-0.2, 0) is 11.3 Å². The molecule has 1 fully saturated rings. The third-order valence-electron chi connectivity index (χ3n) is 3.45. The van der Waals surface area contributed by atoms with Crippen LogP contribution >= 0.6 is 0 Å². The van der Waals surface area contributed by atoms with Gasteiger partial charge in [-0.1, -0.05) is 30.7 Å². The Morgan fingerprint density at radius 3 is 2.84 bits per heavy atom. The van der Waals surface area contributed by atoms with E-state index in [9.17, 15) is 4.39 Å².